The van der Waals surface area contributed by atoms with Gasteiger partial charge in [-0.3, -0.25) is 4.79 Å². The number of methoxy groups -OCH3 is 1. The fraction of sp³-hybridized carbons (Fsp3) is 0.238. The minimum absolute atomic E-state index is 0.318. The Balaban J connectivity index is 2.02. The minimum Gasteiger partial charge on any atom is -0.383 e. The number of ether oxygens (including phenoxy) is 1. The van der Waals surface area contributed by atoms with Crippen molar-refractivity contribution in [1.82, 2.24) is 4.57 Å². The molecule has 2 aromatic carbocycles. The predicted octanol–water partition coefficient (Wildman–Crippen LogP) is 4.76. The molecule has 1 amide bonds. The number of thiazole rings is 1. The molecular weight excluding hydrogens is 380 g/mol. The number of halogens is 1. The molecule has 27 heavy (non-hydrogen) atoms. The van der Waals surface area contributed by atoms with E-state index in [1.165, 1.54) is 28.5 Å². The third-order valence-corrected chi connectivity index (χ3v) is 5.72. The number of fused-ring (bicyclic) bond motifs is 1. The molecule has 0 radical (unpaired) electrons. The van der Waals surface area contributed by atoms with E-state index in [4.69, 9.17) is 16.3 Å². The SMILES string of the molecule is COCCn1c(=NC(=O)/C=C/c2ccccc2Cl)sc2c(C)cc(C)cc21. The Labute approximate surface area is 167 Å². The van der Waals surface area contributed by atoms with Crippen molar-refractivity contribution in [2.75, 3.05) is 13.7 Å². The summed E-state index contributed by atoms with van der Waals surface area (Å²) in [5.74, 6) is -0.318. The van der Waals surface area contributed by atoms with Crippen LogP contribution in [0.1, 0.15) is 16.7 Å². The fourth-order valence-electron chi connectivity index (χ4n) is 2.90. The summed E-state index contributed by atoms with van der Waals surface area (Å²) in [5, 5.41) is 0.602. The van der Waals surface area contributed by atoms with Crippen LogP contribution in [0.5, 0.6) is 0 Å². The van der Waals surface area contributed by atoms with E-state index in [-0.39, 0.29) is 5.91 Å². The standard InChI is InChI=1S/C21H21ClN2O2S/c1-14-12-15(2)20-18(13-14)24(10-11-26-3)21(27-20)23-19(25)9-8-16-6-4-5-7-17(16)22/h4-9,12-13H,10-11H2,1-3H3/b9-8+,23-21?. The van der Waals surface area contributed by atoms with E-state index >= 15 is 0 Å². The molecular formula is C21H21ClN2O2S. The molecule has 0 aliphatic heterocycles. The van der Waals surface area contributed by atoms with Crippen LogP contribution in [0.2, 0.25) is 5.02 Å². The first-order valence-corrected chi connectivity index (χ1v) is 9.80. The van der Waals surface area contributed by atoms with E-state index in [0.29, 0.717) is 23.0 Å². The molecule has 0 fully saturated rings. The first-order valence-electron chi connectivity index (χ1n) is 8.60. The van der Waals surface area contributed by atoms with Gasteiger partial charge in [0.25, 0.3) is 5.91 Å². The Morgan fingerprint density at radius 3 is 2.81 bits per heavy atom. The third-order valence-electron chi connectivity index (χ3n) is 4.15. The quantitative estimate of drug-likeness (QED) is 0.579. The number of hydrogen-bond donors (Lipinski definition) is 0. The van der Waals surface area contributed by atoms with Crippen LogP contribution in [-0.4, -0.2) is 24.2 Å². The largest absolute Gasteiger partial charge is 0.383 e. The summed E-state index contributed by atoms with van der Waals surface area (Å²) >= 11 is 7.65. The summed E-state index contributed by atoms with van der Waals surface area (Å²) in [6.45, 7) is 5.34. The van der Waals surface area contributed by atoms with Gasteiger partial charge in [0.15, 0.2) is 4.80 Å². The normalized spacial score (nSPS) is 12.4. The number of amides is 1. The molecule has 0 unspecified atom stereocenters. The second kappa shape index (κ2) is 8.65. The maximum absolute atomic E-state index is 12.4. The van der Waals surface area contributed by atoms with Gasteiger partial charge >= 0.3 is 0 Å². The van der Waals surface area contributed by atoms with Crippen LogP contribution in [0.3, 0.4) is 0 Å². The van der Waals surface area contributed by atoms with Crippen LogP contribution in [0.15, 0.2) is 47.5 Å². The Morgan fingerprint density at radius 1 is 1.30 bits per heavy atom. The minimum atomic E-state index is -0.318. The summed E-state index contributed by atoms with van der Waals surface area (Å²) in [6, 6.07) is 11.6. The molecule has 0 saturated heterocycles. The van der Waals surface area contributed by atoms with E-state index in [9.17, 15) is 4.79 Å². The second-order valence-corrected chi connectivity index (χ2v) is 7.65. The maximum Gasteiger partial charge on any atom is 0.272 e. The van der Waals surface area contributed by atoms with E-state index in [0.717, 1.165) is 15.8 Å². The highest BCUT2D eigenvalue weighted by atomic mass is 35.5. The Morgan fingerprint density at radius 2 is 2.07 bits per heavy atom. The molecule has 3 aromatic rings. The number of hydrogen-bond acceptors (Lipinski definition) is 3. The van der Waals surface area contributed by atoms with Gasteiger partial charge in [-0.15, -0.1) is 0 Å². The van der Waals surface area contributed by atoms with Crippen molar-refractivity contribution < 1.29 is 9.53 Å². The summed E-state index contributed by atoms with van der Waals surface area (Å²) < 4.78 is 8.42. The molecule has 1 aromatic heterocycles. The molecule has 0 aliphatic rings. The zero-order valence-electron chi connectivity index (χ0n) is 15.5. The van der Waals surface area contributed by atoms with Gasteiger partial charge in [0.2, 0.25) is 0 Å². The van der Waals surface area contributed by atoms with Crippen molar-refractivity contribution in [3.05, 3.63) is 69.0 Å². The van der Waals surface area contributed by atoms with Crippen LogP contribution in [0.4, 0.5) is 0 Å². The average molecular weight is 401 g/mol. The third kappa shape index (κ3) is 4.56. The molecule has 0 N–H and O–H groups in total. The summed E-state index contributed by atoms with van der Waals surface area (Å²) in [7, 11) is 1.67. The van der Waals surface area contributed by atoms with Crippen LogP contribution in [0, 0.1) is 13.8 Å². The van der Waals surface area contributed by atoms with Gasteiger partial charge in [0.05, 0.1) is 16.8 Å². The summed E-state index contributed by atoms with van der Waals surface area (Å²) in [4.78, 5) is 17.4. The molecule has 0 spiro atoms. The lowest BCUT2D eigenvalue weighted by molar-refractivity contribution is -0.113. The zero-order chi connectivity index (χ0) is 19.4. The number of aromatic nitrogens is 1. The monoisotopic (exact) mass is 400 g/mol. The van der Waals surface area contributed by atoms with Gasteiger partial charge in [-0.1, -0.05) is 47.2 Å². The second-order valence-electron chi connectivity index (χ2n) is 6.26. The van der Waals surface area contributed by atoms with Crippen LogP contribution in [-0.2, 0) is 16.1 Å². The Bertz CT molecular complexity index is 1080. The average Bonchev–Trinajstić information content (AvgIpc) is 2.96. The number of carbonyl (C=O) groups excluding carboxylic acids is 1. The lowest BCUT2D eigenvalue weighted by Crippen LogP contribution is -2.19. The van der Waals surface area contributed by atoms with Crippen LogP contribution >= 0.6 is 22.9 Å². The van der Waals surface area contributed by atoms with Crippen LogP contribution < -0.4 is 4.80 Å². The molecule has 6 heteroatoms. The highest BCUT2D eigenvalue weighted by Crippen LogP contribution is 2.23. The highest BCUT2D eigenvalue weighted by molar-refractivity contribution is 7.16. The summed E-state index contributed by atoms with van der Waals surface area (Å²) in [6.07, 6.45) is 3.14. The van der Waals surface area contributed by atoms with Crippen molar-refractivity contribution in [3.63, 3.8) is 0 Å². The molecule has 0 bridgehead atoms. The number of carbonyl (C=O) groups is 1. The lowest BCUT2D eigenvalue weighted by atomic mass is 10.1. The van der Waals surface area contributed by atoms with Crippen molar-refractivity contribution in [3.8, 4) is 0 Å². The van der Waals surface area contributed by atoms with Crippen molar-refractivity contribution in [2.45, 2.75) is 20.4 Å². The highest BCUT2D eigenvalue weighted by Gasteiger charge is 2.10. The summed E-state index contributed by atoms with van der Waals surface area (Å²) in [5.41, 5.74) is 4.23. The van der Waals surface area contributed by atoms with Gasteiger partial charge in [0, 0.05) is 24.8 Å². The number of rotatable bonds is 5. The van der Waals surface area contributed by atoms with Crippen molar-refractivity contribution in [1.29, 1.82) is 0 Å². The predicted molar refractivity (Wildman–Crippen MR) is 112 cm³/mol. The Hall–Kier alpha value is -2.21. The van der Waals surface area contributed by atoms with E-state index in [1.807, 2.05) is 22.8 Å². The van der Waals surface area contributed by atoms with Gasteiger partial charge in [-0.05, 0) is 48.7 Å². The molecule has 0 atom stereocenters. The van der Waals surface area contributed by atoms with Crippen molar-refractivity contribution in [2.24, 2.45) is 4.99 Å². The van der Waals surface area contributed by atoms with E-state index in [2.05, 4.69) is 31.0 Å². The van der Waals surface area contributed by atoms with Gasteiger partial charge in [-0.25, -0.2) is 0 Å². The first kappa shape index (κ1) is 19.5. The number of nitrogens with zero attached hydrogens (tertiary/aromatic N) is 2. The molecule has 1 heterocycles. The fourth-order valence-corrected chi connectivity index (χ4v) is 4.21. The topological polar surface area (TPSA) is 43.6 Å². The van der Waals surface area contributed by atoms with E-state index in [1.54, 1.807) is 19.3 Å². The molecule has 3 rings (SSSR count). The molecule has 0 saturated carbocycles. The number of benzene rings is 2. The molecule has 0 aliphatic carbocycles. The molecule has 4 nitrogen and oxygen atoms in total. The molecule has 140 valence electrons. The van der Waals surface area contributed by atoms with Gasteiger partial charge in [-0.2, -0.15) is 4.99 Å². The Kier molecular flexibility index (Phi) is 6.26. The number of aryl methyl sites for hydroxylation is 2. The zero-order valence-corrected chi connectivity index (χ0v) is 17.1. The van der Waals surface area contributed by atoms with Gasteiger partial charge < -0.3 is 9.30 Å². The van der Waals surface area contributed by atoms with Crippen molar-refractivity contribution >= 4 is 45.1 Å². The van der Waals surface area contributed by atoms with Gasteiger partial charge in [0.1, 0.15) is 0 Å². The van der Waals surface area contributed by atoms with Crippen LogP contribution in [0.25, 0.3) is 16.3 Å². The smallest absolute Gasteiger partial charge is 0.272 e. The van der Waals surface area contributed by atoms with E-state index < -0.39 is 0 Å². The lowest BCUT2D eigenvalue weighted by Gasteiger charge is -2.05. The maximum atomic E-state index is 12.4. The first-order chi connectivity index (χ1) is 13.0.